The maximum atomic E-state index is 13.5. The summed E-state index contributed by atoms with van der Waals surface area (Å²) >= 11 is 0. The van der Waals surface area contributed by atoms with E-state index < -0.39 is 11.6 Å². The Kier molecular flexibility index (Phi) is 3.11. The average molecular weight is 240 g/mol. The van der Waals surface area contributed by atoms with Gasteiger partial charge >= 0.3 is 0 Å². The Morgan fingerprint density at radius 3 is 2.65 bits per heavy atom. The van der Waals surface area contributed by atoms with Crippen LogP contribution in [0.2, 0.25) is 0 Å². The fourth-order valence-corrected chi connectivity index (χ4v) is 2.00. The van der Waals surface area contributed by atoms with E-state index in [0.717, 1.165) is 23.1 Å². The Bertz CT molecular complexity index is 444. The SMILES string of the molecule is CN(C(=O)C1CC(N)C1)c1cc(F)ccc1F. The quantitative estimate of drug-likeness (QED) is 0.854. The van der Waals surface area contributed by atoms with Gasteiger partial charge in [-0.1, -0.05) is 0 Å². The molecule has 1 saturated carbocycles. The third kappa shape index (κ3) is 2.29. The van der Waals surface area contributed by atoms with Gasteiger partial charge in [0.05, 0.1) is 5.69 Å². The molecule has 5 heteroatoms. The molecule has 1 aromatic carbocycles. The number of benzene rings is 1. The van der Waals surface area contributed by atoms with Crippen LogP contribution in [-0.4, -0.2) is 19.0 Å². The molecule has 0 unspecified atom stereocenters. The molecule has 1 aromatic rings. The van der Waals surface area contributed by atoms with E-state index in [-0.39, 0.29) is 23.6 Å². The molecular weight excluding hydrogens is 226 g/mol. The van der Waals surface area contributed by atoms with E-state index in [1.165, 1.54) is 7.05 Å². The summed E-state index contributed by atoms with van der Waals surface area (Å²) in [7, 11) is 1.45. The average Bonchev–Trinajstić information content (AvgIpc) is 2.26. The van der Waals surface area contributed by atoms with E-state index >= 15 is 0 Å². The molecular formula is C12H14F2N2O. The number of hydrogen-bond donors (Lipinski definition) is 1. The first-order chi connectivity index (χ1) is 7.99. The van der Waals surface area contributed by atoms with Crippen LogP contribution in [0, 0.1) is 17.6 Å². The van der Waals surface area contributed by atoms with Crippen molar-refractivity contribution in [1.82, 2.24) is 0 Å². The fraction of sp³-hybridized carbons (Fsp3) is 0.417. The maximum Gasteiger partial charge on any atom is 0.230 e. The van der Waals surface area contributed by atoms with E-state index in [1.807, 2.05) is 0 Å². The van der Waals surface area contributed by atoms with Gasteiger partial charge in [-0.25, -0.2) is 8.78 Å². The first kappa shape index (κ1) is 12.0. The number of rotatable bonds is 2. The first-order valence-corrected chi connectivity index (χ1v) is 5.47. The number of nitrogens with two attached hydrogens (primary N) is 1. The number of anilines is 1. The third-order valence-electron chi connectivity index (χ3n) is 3.12. The minimum absolute atomic E-state index is 0.0320. The van der Waals surface area contributed by atoms with E-state index in [0.29, 0.717) is 12.8 Å². The minimum atomic E-state index is -0.606. The fourth-order valence-electron chi connectivity index (χ4n) is 2.00. The van der Waals surface area contributed by atoms with Crippen LogP contribution in [0.15, 0.2) is 18.2 Å². The third-order valence-corrected chi connectivity index (χ3v) is 3.12. The number of nitrogens with zero attached hydrogens (tertiary/aromatic N) is 1. The molecule has 0 aliphatic heterocycles. The van der Waals surface area contributed by atoms with Crippen molar-refractivity contribution in [2.75, 3.05) is 11.9 Å². The molecule has 0 saturated heterocycles. The largest absolute Gasteiger partial charge is 0.328 e. The van der Waals surface area contributed by atoms with Crippen molar-refractivity contribution in [3.63, 3.8) is 0 Å². The predicted octanol–water partition coefficient (Wildman–Crippen LogP) is 1.66. The minimum Gasteiger partial charge on any atom is -0.328 e. The maximum absolute atomic E-state index is 13.5. The number of amides is 1. The lowest BCUT2D eigenvalue weighted by molar-refractivity contribution is -0.124. The molecule has 2 rings (SSSR count). The van der Waals surface area contributed by atoms with Gasteiger partial charge in [0.2, 0.25) is 5.91 Å². The van der Waals surface area contributed by atoms with E-state index in [1.54, 1.807) is 0 Å². The van der Waals surface area contributed by atoms with Gasteiger partial charge in [-0.05, 0) is 25.0 Å². The summed E-state index contributed by atoms with van der Waals surface area (Å²) in [6, 6.07) is 3.11. The Labute approximate surface area is 98.2 Å². The van der Waals surface area contributed by atoms with Crippen molar-refractivity contribution in [1.29, 1.82) is 0 Å². The molecule has 2 N–H and O–H groups in total. The zero-order valence-corrected chi connectivity index (χ0v) is 9.49. The Balaban J connectivity index is 2.16. The molecule has 1 aliphatic carbocycles. The first-order valence-electron chi connectivity index (χ1n) is 5.47. The number of hydrogen-bond acceptors (Lipinski definition) is 2. The van der Waals surface area contributed by atoms with Crippen LogP contribution in [0.4, 0.5) is 14.5 Å². The van der Waals surface area contributed by atoms with Crippen LogP contribution in [0.5, 0.6) is 0 Å². The molecule has 0 spiro atoms. The lowest BCUT2D eigenvalue weighted by Crippen LogP contribution is -2.46. The Morgan fingerprint density at radius 1 is 1.41 bits per heavy atom. The van der Waals surface area contributed by atoms with Gasteiger partial charge in [-0.2, -0.15) is 0 Å². The van der Waals surface area contributed by atoms with Crippen molar-refractivity contribution in [2.24, 2.45) is 11.7 Å². The zero-order valence-electron chi connectivity index (χ0n) is 9.49. The van der Waals surface area contributed by atoms with Crippen LogP contribution >= 0.6 is 0 Å². The highest BCUT2D eigenvalue weighted by Gasteiger charge is 2.34. The summed E-state index contributed by atoms with van der Waals surface area (Å²) in [4.78, 5) is 13.1. The van der Waals surface area contributed by atoms with Crippen LogP contribution in [0.3, 0.4) is 0 Å². The Hall–Kier alpha value is -1.49. The molecule has 1 amide bonds. The van der Waals surface area contributed by atoms with Crippen molar-refractivity contribution < 1.29 is 13.6 Å². The molecule has 17 heavy (non-hydrogen) atoms. The van der Waals surface area contributed by atoms with Gasteiger partial charge < -0.3 is 10.6 Å². The van der Waals surface area contributed by atoms with Gasteiger partial charge in [0.1, 0.15) is 11.6 Å². The lowest BCUT2D eigenvalue weighted by Gasteiger charge is -2.34. The molecule has 0 bridgehead atoms. The summed E-state index contributed by atoms with van der Waals surface area (Å²) in [5.41, 5.74) is 5.56. The molecule has 1 fully saturated rings. The molecule has 0 aromatic heterocycles. The molecule has 92 valence electrons. The van der Waals surface area contributed by atoms with Crippen molar-refractivity contribution >= 4 is 11.6 Å². The van der Waals surface area contributed by atoms with Gasteiger partial charge in [0, 0.05) is 25.1 Å². The highest BCUT2D eigenvalue weighted by Crippen LogP contribution is 2.30. The number of halogens is 2. The highest BCUT2D eigenvalue weighted by molar-refractivity contribution is 5.95. The summed E-state index contributed by atoms with van der Waals surface area (Å²) in [5, 5.41) is 0. The monoisotopic (exact) mass is 240 g/mol. The van der Waals surface area contributed by atoms with E-state index in [9.17, 15) is 13.6 Å². The molecule has 0 heterocycles. The summed E-state index contributed by atoms with van der Waals surface area (Å²) < 4.78 is 26.5. The van der Waals surface area contributed by atoms with Crippen molar-refractivity contribution in [3.8, 4) is 0 Å². The Morgan fingerprint density at radius 2 is 2.06 bits per heavy atom. The highest BCUT2D eigenvalue weighted by atomic mass is 19.1. The second-order valence-electron chi connectivity index (χ2n) is 4.42. The van der Waals surface area contributed by atoms with Gasteiger partial charge in [-0.15, -0.1) is 0 Å². The lowest BCUT2D eigenvalue weighted by atomic mass is 9.80. The van der Waals surface area contributed by atoms with E-state index in [2.05, 4.69) is 0 Å². The van der Waals surface area contributed by atoms with Crippen LogP contribution in [0.1, 0.15) is 12.8 Å². The zero-order chi connectivity index (χ0) is 12.6. The topological polar surface area (TPSA) is 46.3 Å². The van der Waals surface area contributed by atoms with Crippen LogP contribution < -0.4 is 10.6 Å². The summed E-state index contributed by atoms with van der Waals surface area (Å²) in [5.74, 6) is -1.55. The van der Waals surface area contributed by atoms with Gasteiger partial charge in [0.25, 0.3) is 0 Å². The van der Waals surface area contributed by atoms with Gasteiger partial charge in [-0.3, -0.25) is 4.79 Å². The summed E-state index contributed by atoms with van der Waals surface area (Å²) in [6.07, 6.45) is 1.22. The molecule has 3 nitrogen and oxygen atoms in total. The van der Waals surface area contributed by atoms with Crippen molar-refractivity contribution in [2.45, 2.75) is 18.9 Å². The molecule has 0 radical (unpaired) electrons. The normalized spacial score (nSPS) is 23.1. The predicted molar refractivity (Wildman–Crippen MR) is 60.5 cm³/mol. The second-order valence-corrected chi connectivity index (χ2v) is 4.42. The van der Waals surface area contributed by atoms with Gasteiger partial charge in [0.15, 0.2) is 0 Å². The van der Waals surface area contributed by atoms with Crippen LogP contribution in [0.25, 0.3) is 0 Å². The summed E-state index contributed by atoms with van der Waals surface area (Å²) in [6.45, 7) is 0. The number of carbonyl (C=O) groups is 1. The van der Waals surface area contributed by atoms with E-state index in [4.69, 9.17) is 5.73 Å². The second kappa shape index (κ2) is 4.41. The standard InChI is InChI=1S/C12H14F2N2O/c1-16(12(17)7-4-9(15)5-7)11-6-8(13)2-3-10(11)14/h2-3,6-7,9H,4-5,15H2,1H3. The molecule has 0 atom stereocenters. The van der Waals surface area contributed by atoms with Crippen LogP contribution in [-0.2, 0) is 4.79 Å². The molecule has 1 aliphatic rings. The van der Waals surface area contributed by atoms with Crippen molar-refractivity contribution in [3.05, 3.63) is 29.8 Å². The smallest absolute Gasteiger partial charge is 0.230 e. The number of carbonyl (C=O) groups excluding carboxylic acids is 1.